The summed E-state index contributed by atoms with van der Waals surface area (Å²) in [7, 11) is 0. The molecule has 0 bridgehead atoms. The number of aliphatic hydroxyl groups is 1. The van der Waals surface area contributed by atoms with Gasteiger partial charge in [0, 0.05) is 19.1 Å². The van der Waals surface area contributed by atoms with E-state index in [1.54, 1.807) is 0 Å². The number of rotatable bonds is 11. The number of benzene rings is 2. The number of hydrogen-bond acceptors (Lipinski definition) is 4. The molecule has 1 heterocycles. The molecule has 166 valence electrons. The molecule has 0 saturated heterocycles. The topological polar surface area (TPSA) is 50.5 Å². The molecule has 1 aromatic heterocycles. The van der Waals surface area contributed by atoms with E-state index in [4.69, 9.17) is 9.84 Å². The van der Waals surface area contributed by atoms with Gasteiger partial charge in [-0.15, -0.1) is 0 Å². The average molecular weight is 422 g/mol. The monoisotopic (exact) mass is 421 g/mol. The van der Waals surface area contributed by atoms with Crippen molar-refractivity contribution in [3.8, 4) is 17.3 Å². The zero-order chi connectivity index (χ0) is 22.2. The van der Waals surface area contributed by atoms with Crippen LogP contribution in [0.3, 0.4) is 0 Å². The normalized spacial score (nSPS) is 12.5. The van der Waals surface area contributed by atoms with Gasteiger partial charge in [-0.05, 0) is 51.5 Å². The predicted octanol–water partition coefficient (Wildman–Crippen LogP) is 5.73. The van der Waals surface area contributed by atoms with Gasteiger partial charge < -0.3 is 9.84 Å². The number of ether oxygens (including phenoxy) is 1. The second-order valence-electron chi connectivity index (χ2n) is 8.35. The summed E-state index contributed by atoms with van der Waals surface area (Å²) in [6, 6.07) is 20.2. The summed E-state index contributed by atoms with van der Waals surface area (Å²) in [6.07, 6.45) is 2.64. The van der Waals surface area contributed by atoms with E-state index in [-0.39, 0.29) is 6.10 Å². The molecule has 0 fully saturated rings. The van der Waals surface area contributed by atoms with Gasteiger partial charge in [-0.2, -0.15) is 5.10 Å². The Balaban J connectivity index is 1.95. The van der Waals surface area contributed by atoms with Crippen molar-refractivity contribution in [2.75, 3.05) is 6.54 Å². The van der Waals surface area contributed by atoms with Gasteiger partial charge >= 0.3 is 0 Å². The number of aliphatic hydroxyl groups excluding tert-OH is 1. The molecule has 1 unspecified atom stereocenters. The van der Waals surface area contributed by atoms with E-state index in [1.165, 1.54) is 0 Å². The Morgan fingerprint density at radius 1 is 1.03 bits per heavy atom. The first-order valence-corrected chi connectivity index (χ1v) is 11.3. The van der Waals surface area contributed by atoms with Crippen molar-refractivity contribution in [3.63, 3.8) is 0 Å². The number of unbranched alkanes of at least 4 members (excludes halogenated alkanes) is 1. The molecule has 3 aromatic rings. The van der Waals surface area contributed by atoms with Gasteiger partial charge in [0.05, 0.1) is 23.0 Å². The minimum atomic E-state index is -0.328. The maximum atomic E-state index is 10.5. The van der Waals surface area contributed by atoms with E-state index in [1.807, 2.05) is 72.3 Å². The number of nitrogens with zero attached hydrogens (tertiary/aromatic N) is 3. The Kier molecular flexibility index (Phi) is 8.27. The van der Waals surface area contributed by atoms with Crippen LogP contribution in [-0.4, -0.2) is 38.5 Å². The van der Waals surface area contributed by atoms with Crippen molar-refractivity contribution in [1.29, 1.82) is 0 Å². The van der Waals surface area contributed by atoms with Crippen LogP contribution < -0.4 is 4.74 Å². The van der Waals surface area contributed by atoms with Gasteiger partial charge in [-0.25, -0.2) is 4.68 Å². The summed E-state index contributed by atoms with van der Waals surface area (Å²) in [5, 5.41) is 15.4. The molecule has 0 aliphatic heterocycles. The SMILES string of the molecule is CCCCC(O)CN(Cc1c(C)nn(-c2ccccc2)c1Oc1ccccc1)C(C)C. The van der Waals surface area contributed by atoms with Crippen LogP contribution in [0.15, 0.2) is 60.7 Å². The van der Waals surface area contributed by atoms with Gasteiger partial charge in [-0.3, -0.25) is 4.90 Å². The van der Waals surface area contributed by atoms with Crippen LogP contribution in [0.5, 0.6) is 11.6 Å². The van der Waals surface area contributed by atoms with Gasteiger partial charge in [0.1, 0.15) is 5.75 Å². The summed E-state index contributed by atoms with van der Waals surface area (Å²) >= 11 is 0. The molecule has 1 N–H and O–H groups in total. The molecule has 3 rings (SSSR count). The Labute approximate surface area is 186 Å². The smallest absolute Gasteiger partial charge is 0.227 e. The second kappa shape index (κ2) is 11.1. The van der Waals surface area contributed by atoms with Crippen molar-refractivity contribution >= 4 is 0 Å². The zero-order valence-corrected chi connectivity index (χ0v) is 19.2. The van der Waals surface area contributed by atoms with Crippen molar-refractivity contribution in [2.24, 2.45) is 0 Å². The minimum Gasteiger partial charge on any atom is -0.439 e. The molecule has 5 heteroatoms. The lowest BCUT2D eigenvalue weighted by Crippen LogP contribution is -2.37. The summed E-state index contributed by atoms with van der Waals surface area (Å²) < 4.78 is 8.26. The second-order valence-corrected chi connectivity index (χ2v) is 8.35. The predicted molar refractivity (Wildman–Crippen MR) is 126 cm³/mol. The lowest BCUT2D eigenvalue weighted by Gasteiger charge is -2.29. The van der Waals surface area contributed by atoms with Crippen molar-refractivity contribution in [3.05, 3.63) is 71.9 Å². The van der Waals surface area contributed by atoms with Crippen LogP contribution in [0, 0.1) is 6.92 Å². The minimum absolute atomic E-state index is 0.292. The van der Waals surface area contributed by atoms with Gasteiger partial charge in [0.25, 0.3) is 0 Å². The van der Waals surface area contributed by atoms with Crippen LogP contribution in [0.25, 0.3) is 5.69 Å². The highest BCUT2D eigenvalue weighted by Gasteiger charge is 2.23. The van der Waals surface area contributed by atoms with Gasteiger partial charge in [0.2, 0.25) is 5.88 Å². The third-order valence-electron chi connectivity index (χ3n) is 5.52. The maximum absolute atomic E-state index is 10.5. The lowest BCUT2D eigenvalue weighted by atomic mass is 10.1. The first-order chi connectivity index (χ1) is 15.0. The molecule has 0 aliphatic rings. The summed E-state index contributed by atoms with van der Waals surface area (Å²) in [5.41, 5.74) is 2.94. The van der Waals surface area contributed by atoms with E-state index >= 15 is 0 Å². The van der Waals surface area contributed by atoms with E-state index in [0.717, 1.165) is 47.8 Å². The van der Waals surface area contributed by atoms with E-state index in [2.05, 4.69) is 25.7 Å². The number of aryl methyl sites for hydroxylation is 1. The molecular formula is C26H35N3O2. The highest BCUT2D eigenvalue weighted by atomic mass is 16.5. The Hall–Kier alpha value is -2.63. The maximum Gasteiger partial charge on any atom is 0.227 e. The van der Waals surface area contributed by atoms with Crippen LogP contribution in [-0.2, 0) is 6.54 Å². The van der Waals surface area contributed by atoms with Crippen LogP contribution in [0.1, 0.15) is 51.3 Å². The molecule has 0 spiro atoms. The van der Waals surface area contributed by atoms with Crippen molar-refractivity contribution in [1.82, 2.24) is 14.7 Å². The first kappa shape index (κ1) is 23.0. The molecule has 0 amide bonds. The third-order valence-corrected chi connectivity index (χ3v) is 5.52. The summed E-state index contributed by atoms with van der Waals surface area (Å²) in [4.78, 5) is 2.30. The van der Waals surface area contributed by atoms with E-state index in [9.17, 15) is 5.11 Å². The van der Waals surface area contributed by atoms with Gasteiger partial charge in [-0.1, -0.05) is 56.2 Å². The molecule has 2 aromatic carbocycles. The fourth-order valence-electron chi connectivity index (χ4n) is 3.63. The van der Waals surface area contributed by atoms with E-state index in [0.29, 0.717) is 19.1 Å². The fourth-order valence-corrected chi connectivity index (χ4v) is 3.63. The number of para-hydroxylation sites is 2. The first-order valence-electron chi connectivity index (χ1n) is 11.3. The quantitative estimate of drug-likeness (QED) is 0.429. The number of hydrogen-bond donors (Lipinski definition) is 1. The molecule has 0 saturated carbocycles. The molecule has 1 atom stereocenters. The Morgan fingerprint density at radius 2 is 1.68 bits per heavy atom. The Bertz CT molecular complexity index is 923. The summed E-state index contributed by atoms with van der Waals surface area (Å²) in [6.45, 7) is 9.82. The van der Waals surface area contributed by atoms with Crippen LogP contribution in [0.2, 0.25) is 0 Å². The highest BCUT2D eigenvalue weighted by Crippen LogP contribution is 2.32. The number of aromatic nitrogens is 2. The van der Waals surface area contributed by atoms with Gasteiger partial charge in [0.15, 0.2) is 0 Å². The Morgan fingerprint density at radius 3 is 2.29 bits per heavy atom. The van der Waals surface area contributed by atoms with Crippen LogP contribution >= 0.6 is 0 Å². The van der Waals surface area contributed by atoms with Crippen LogP contribution in [0.4, 0.5) is 0 Å². The molecule has 0 radical (unpaired) electrons. The average Bonchev–Trinajstić information content (AvgIpc) is 3.08. The summed E-state index contributed by atoms with van der Waals surface area (Å²) in [5.74, 6) is 1.50. The third kappa shape index (κ3) is 6.18. The van der Waals surface area contributed by atoms with Crippen molar-refractivity contribution in [2.45, 2.75) is 65.6 Å². The van der Waals surface area contributed by atoms with Crippen molar-refractivity contribution < 1.29 is 9.84 Å². The highest BCUT2D eigenvalue weighted by molar-refractivity contribution is 5.43. The standard InChI is InChI=1S/C26H35N3O2/c1-5-6-15-23(30)18-28(20(2)3)19-25-21(4)27-29(22-13-9-7-10-14-22)26(25)31-24-16-11-8-12-17-24/h7-14,16-17,20,23,30H,5-6,15,18-19H2,1-4H3. The molecule has 5 nitrogen and oxygen atoms in total. The fraction of sp³-hybridized carbons (Fsp3) is 0.423. The molecule has 31 heavy (non-hydrogen) atoms. The van der Waals surface area contributed by atoms with E-state index < -0.39 is 0 Å². The largest absolute Gasteiger partial charge is 0.439 e. The molecular weight excluding hydrogens is 386 g/mol. The zero-order valence-electron chi connectivity index (χ0n) is 19.2. The molecule has 0 aliphatic carbocycles. The lowest BCUT2D eigenvalue weighted by molar-refractivity contribution is 0.0827.